The van der Waals surface area contributed by atoms with Gasteiger partial charge in [-0.05, 0) is 22.3 Å². The van der Waals surface area contributed by atoms with Crippen LogP contribution in [0.5, 0.6) is 0 Å². The van der Waals surface area contributed by atoms with Gasteiger partial charge in [0.2, 0.25) is 0 Å². The second kappa shape index (κ2) is 8.61. The summed E-state index contributed by atoms with van der Waals surface area (Å²) < 4.78 is 0. The van der Waals surface area contributed by atoms with E-state index in [4.69, 9.17) is 0 Å². The van der Waals surface area contributed by atoms with Gasteiger partial charge in [-0.15, -0.1) is 5.73 Å². The molecule has 0 saturated carbocycles. The molecule has 0 aliphatic heterocycles. The van der Waals surface area contributed by atoms with Crippen molar-refractivity contribution in [3.63, 3.8) is 0 Å². The third kappa shape index (κ3) is 3.33. The van der Waals surface area contributed by atoms with Crippen LogP contribution in [0.1, 0.15) is 22.3 Å². The number of Topliss-reactive ketones (excluding diaryl/α,β-unsaturated/α-hetero) is 1. The zero-order valence-electron chi connectivity index (χ0n) is 16.7. The highest BCUT2D eigenvalue weighted by Crippen LogP contribution is 2.43. The maximum Gasteiger partial charge on any atom is 0.190 e. The average Bonchev–Trinajstić information content (AvgIpc) is 2.83. The standard InChI is InChI=1S/C29H22O/c1-2-27(23-15-7-3-8-16-23)28(30)29(24-17-9-4-10-18-24,25-19-11-5-12-20-25)26-21-13-6-14-22-26/h3-22H,1H2. The number of carbonyl (C=O) groups is 1. The molecule has 0 heterocycles. The lowest BCUT2D eigenvalue weighted by Gasteiger charge is -2.35. The van der Waals surface area contributed by atoms with Crippen molar-refractivity contribution >= 4 is 11.4 Å². The molecule has 4 rings (SSSR count). The van der Waals surface area contributed by atoms with Gasteiger partial charge in [0, 0.05) is 0 Å². The minimum atomic E-state index is -1.01. The largest absolute Gasteiger partial charge is 0.292 e. The molecule has 0 fully saturated rings. The summed E-state index contributed by atoms with van der Waals surface area (Å²) in [5, 5.41) is 0. The van der Waals surface area contributed by atoms with Crippen LogP contribution in [-0.2, 0) is 10.2 Å². The minimum Gasteiger partial charge on any atom is -0.292 e. The topological polar surface area (TPSA) is 17.1 Å². The molecule has 0 bridgehead atoms. The molecule has 0 aliphatic carbocycles. The lowest BCUT2D eigenvalue weighted by atomic mass is 9.64. The number of hydrogen-bond acceptors (Lipinski definition) is 1. The van der Waals surface area contributed by atoms with E-state index in [1.807, 2.05) is 121 Å². The third-order valence-electron chi connectivity index (χ3n) is 5.43. The molecule has 0 atom stereocenters. The molecule has 0 spiro atoms. The molecule has 0 aliphatic rings. The molecule has 0 radical (unpaired) electrons. The van der Waals surface area contributed by atoms with E-state index in [2.05, 4.69) is 12.3 Å². The number of benzene rings is 4. The Morgan fingerprint density at radius 1 is 0.567 bits per heavy atom. The predicted octanol–water partition coefficient (Wildman–Crippen LogP) is 6.46. The summed E-state index contributed by atoms with van der Waals surface area (Å²) in [4.78, 5) is 14.5. The van der Waals surface area contributed by atoms with Crippen LogP contribution in [0.4, 0.5) is 0 Å². The molecule has 0 amide bonds. The van der Waals surface area contributed by atoms with Crippen molar-refractivity contribution in [3.8, 4) is 0 Å². The second-order valence-electron chi connectivity index (χ2n) is 7.10. The van der Waals surface area contributed by atoms with Crippen LogP contribution in [0.25, 0.3) is 5.57 Å². The van der Waals surface area contributed by atoms with E-state index < -0.39 is 5.41 Å². The van der Waals surface area contributed by atoms with Crippen LogP contribution >= 0.6 is 0 Å². The molecule has 1 heteroatoms. The maximum absolute atomic E-state index is 14.5. The van der Waals surface area contributed by atoms with Crippen molar-refractivity contribution in [2.45, 2.75) is 5.41 Å². The van der Waals surface area contributed by atoms with E-state index in [-0.39, 0.29) is 5.78 Å². The molecular weight excluding hydrogens is 364 g/mol. The summed E-state index contributed by atoms with van der Waals surface area (Å²) in [6, 6.07) is 39.5. The van der Waals surface area contributed by atoms with Crippen LogP contribution in [0.3, 0.4) is 0 Å². The first-order valence-electron chi connectivity index (χ1n) is 9.95. The molecule has 30 heavy (non-hydrogen) atoms. The van der Waals surface area contributed by atoms with E-state index >= 15 is 0 Å². The Hall–Kier alpha value is -3.93. The van der Waals surface area contributed by atoms with E-state index in [0.29, 0.717) is 5.57 Å². The Balaban J connectivity index is 2.08. The first-order valence-corrected chi connectivity index (χ1v) is 9.95. The third-order valence-corrected chi connectivity index (χ3v) is 5.43. The molecule has 4 aromatic carbocycles. The lowest BCUT2D eigenvalue weighted by molar-refractivity contribution is -0.116. The molecule has 4 aromatic rings. The van der Waals surface area contributed by atoms with Crippen LogP contribution in [0.2, 0.25) is 0 Å². The fourth-order valence-electron chi connectivity index (χ4n) is 4.06. The van der Waals surface area contributed by atoms with Gasteiger partial charge in [-0.2, -0.15) is 0 Å². The monoisotopic (exact) mass is 386 g/mol. The fourth-order valence-corrected chi connectivity index (χ4v) is 4.06. The first-order chi connectivity index (χ1) is 14.8. The van der Waals surface area contributed by atoms with Gasteiger partial charge in [-0.25, -0.2) is 0 Å². The number of carbonyl (C=O) groups excluding carboxylic acids is 1. The smallest absolute Gasteiger partial charge is 0.190 e. The first kappa shape index (κ1) is 19.4. The van der Waals surface area contributed by atoms with E-state index in [9.17, 15) is 4.79 Å². The highest BCUT2D eigenvalue weighted by molar-refractivity contribution is 6.27. The Morgan fingerprint density at radius 2 is 0.900 bits per heavy atom. The second-order valence-corrected chi connectivity index (χ2v) is 7.10. The molecule has 144 valence electrons. The average molecular weight is 386 g/mol. The summed E-state index contributed by atoms with van der Waals surface area (Å²) in [6.45, 7) is 3.87. The van der Waals surface area contributed by atoms with Crippen molar-refractivity contribution in [1.82, 2.24) is 0 Å². The summed E-state index contributed by atoms with van der Waals surface area (Å²) >= 11 is 0. The molecular formula is C29H22O. The quantitative estimate of drug-likeness (QED) is 0.211. The van der Waals surface area contributed by atoms with Crippen LogP contribution in [-0.4, -0.2) is 5.78 Å². The fraction of sp³-hybridized carbons (Fsp3) is 0.0345. The molecule has 0 aromatic heterocycles. The van der Waals surface area contributed by atoms with Gasteiger partial charge < -0.3 is 0 Å². The Labute approximate surface area is 177 Å². The van der Waals surface area contributed by atoms with Crippen LogP contribution in [0, 0.1) is 0 Å². The van der Waals surface area contributed by atoms with Crippen LogP contribution in [0.15, 0.2) is 134 Å². The zero-order chi connectivity index (χ0) is 20.8. The van der Waals surface area contributed by atoms with Gasteiger partial charge >= 0.3 is 0 Å². The van der Waals surface area contributed by atoms with Crippen molar-refractivity contribution < 1.29 is 4.79 Å². The predicted molar refractivity (Wildman–Crippen MR) is 123 cm³/mol. The van der Waals surface area contributed by atoms with Gasteiger partial charge in [0.05, 0.1) is 5.57 Å². The van der Waals surface area contributed by atoms with E-state index in [0.717, 1.165) is 22.3 Å². The van der Waals surface area contributed by atoms with Crippen LogP contribution < -0.4 is 0 Å². The summed E-state index contributed by atoms with van der Waals surface area (Å²) in [7, 11) is 0. The van der Waals surface area contributed by atoms with Gasteiger partial charge in [-0.3, -0.25) is 4.79 Å². The number of ketones is 1. The van der Waals surface area contributed by atoms with Crippen molar-refractivity contribution in [2.75, 3.05) is 0 Å². The lowest BCUT2D eigenvalue weighted by Crippen LogP contribution is -2.39. The SMILES string of the molecule is C=C=C(C(=O)C(c1ccccc1)(c1ccccc1)c1ccccc1)c1ccccc1. The molecule has 0 N–H and O–H groups in total. The zero-order valence-corrected chi connectivity index (χ0v) is 16.7. The normalized spacial score (nSPS) is 10.8. The molecule has 0 unspecified atom stereocenters. The Bertz CT molecular complexity index is 1070. The summed E-state index contributed by atoms with van der Waals surface area (Å²) in [5.41, 5.74) is 5.96. The molecule has 1 nitrogen and oxygen atoms in total. The van der Waals surface area contributed by atoms with Gasteiger partial charge in [0.25, 0.3) is 0 Å². The maximum atomic E-state index is 14.5. The Kier molecular flexibility index (Phi) is 5.57. The highest BCUT2D eigenvalue weighted by Gasteiger charge is 2.45. The number of allylic oxidation sites excluding steroid dienone is 1. The van der Waals surface area contributed by atoms with Gasteiger partial charge in [0.1, 0.15) is 5.41 Å². The van der Waals surface area contributed by atoms with E-state index in [1.54, 1.807) is 0 Å². The number of rotatable bonds is 6. The highest BCUT2D eigenvalue weighted by atomic mass is 16.1. The van der Waals surface area contributed by atoms with Crippen molar-refractivity contribution in [1.29, 1.82) is 0 Å². The number of hydrogen-bond donors (Lipinski definition) is 0. The van der Waals surface area contributed by atoms with Gasteiger partial charge in [-0.1, -0.05) is 128 Å². The minimum absolute atomic E-state index is 0.0488. The van der Waals surface area contributed by atoms with Crippen molar-refractivity contribution in [2.24, 2.45) is 0 Å². The Morgan fingerprint density at radius 3 is 1.23 bits per heavy atom. The van der Waals surface area contributed by atoms with Crippen molar-refractivity contribution in [3.05, 3.63) is 156 Å². The molecule has 0 saturated heterocycles. The van der Waals surface area contributed by atoms with E-state index in [1.165, 1.54) is 0 Å². The summed E-state index contributed by atoms with van der Waals surface area (Å²) in [5.74, 6) is -0.0488. The van der Waals surface area contributed by atoms with Gasteiger partial charge in [0.15, 0.2) is 5.78 Å². The summed E-state index contributed by atoms with van der Waals surface area (Å²) in [6.07, 6.45) is 0.